The topological polar surface area (TPSA) is 94.9 Å². The van der Waals surface area contributed by atoms with E-state index in [1.165, 1.54) is 4.90 Å². The van der Waals surface area contributed by atoms with E-state index >= 15 is 0 Å². The molecule has 1 aliphatic heterocycles. The fourth-order valence-corrected chi connectivity index (χ4v) is 3.03. The van der Waals surface area contributed by atoms with Crippen molar-refractivity contribution in [3.05, 3.63) is 0 Å². The Bertz CT molecular complexity index is 397. The lowest BCUT2D eigenvalue weighted by Gasteiger charge is -2.22. The number of rotatable bonds is 3. The number of carboxylic acids is 2. The minimum atomic E-state index is -1.01. The van der Waals surface area contributed by atoms with Crippen LogP contribution in [0.25, 0.3) is 0 Å². The number of nitrogens with zero attached hydrogens (tertiary/aromatic N) is 1. The fraction of sp³-hybridized carbons (Fsp3) is 0.750. The normalized spacial score (nSPS) is 33.2. The van der Waals surface area contributed by atoms with Crippen LogP contribution < -0.4 is 0 Å². The van der Waals surface area contributed by atoms with Gasteiger partial charge < -0.3 is 15.1 Å². The lowest BCUT2D eigenvalue weighted by Crippen LogP contribution is -2.42. The first kappa shape index (κ1) is 12.9. The first-order valence-corrected chi connectivity index (χ1v) is 6.04. The van der Waals surface area contributed by atoms with Gasteiger partial charge in [-0.05, 0) is 18.3 Å². The van der Waals surface area contributed by atoms with Crippen molar-refractivity contribution in [3.63, 3.8) is 0 Å². The van der Waals surface area contributed by atoms with Crippen LogP contribution in [0.5, 0.6) is 0 Å². The standard InChI is InChI=1S/C12H17NO5/c1-12(2)7(8(12)11(17)18)9(14)13-5-3-4-6(13)10(15)16/h6-8H,3-5H2,1-2H3,(H,15,16)(H,17,18)/t6?,7-,8+/m1/s1. The predicted octanol–water partition coefficient (Wildman–Crippen LogP) is 0.419. The van der Waals surface area contributed by atoms with Gasteiger partial charge in [0.05, 0.1) is 11.8 Å². The van der Waals surface area contributed by atoms with Crippen molar-refractivity contribution in [1.82, 2.24) is 4.90 Å². The van der Waals surface area contributed by atoms with Gasteiger partial charge in [0.25, 0.3) is 0 Å². The average Bonchev–Trinajstić information content (AvgIpc) is 2.64. The van der Waals surface area contributed by atoms with E-state index in [9.17, 15) is 14.4 Å². The minimum Gasteiger partial charge on any atom is -0.481 e. The zero-order valence-corrected chi connectivity index (χ0v) is 10.4. The van der Waals surface area contributed by atoms with E-state index in [2.05, 4.69) is 0 Å². The first-order valence-electron chi connectivity index (χ1n) is 6.04. The van der Waals surface area contributed by atoms with E-state index in [4.69, 9.17) is 10.2 Å². The molecule has 0 aromatic carbocycles. The Kier molecular flexibility index (Phi) is 2.83. The summed E-state index contributed by atoms with van der Waals surface area (Å²) in [4.78, 5) is 35.6. The number of amides is 1. The number of hydrogen-bond donors (Lipinski definition) is 2. The molecule has 0 aromatic heterocycles. The molecule has 2 rings (SSSR count). The highest BCUT2D eigenvalue weighted by molar-refractivity contribution is 5.94. The van der Waals surface area contributed by atoms with Crippen molar-refractivity contribution in [3.8, 4) is 0 Å². The van der Waals surface area contributed by atoms with Crippen LogP contribution in [0.1, 0.15) is 26.7 Å². The molecule has 1 amide bonds. The van der Waals surface area contributed by atoms with E-state index in [0.717, 1.165) is 0 Å². The van der Waals surface area contributed by atoms with Gasteiger partial charge in [-0.3, -0.25) is 9.59 Å². The molecular weight excluding hydrogens is 238 g/mol. The quantitative estimate of drug-likeness (QED) is 0.762. The summed E-state index contributed by atoms with van der Waals surface area (Å²) < 4.78 is 0. The molecular formula is C12H17NO5. The lowest BCUT2D eigenvalue weighted by atomic mass is 10.1. The smallest absolute Gasteiger partial charge is 0.326 e. The second-order valence-electron chi connectivity index (χ2n) is 5.64. The summed E-state index contributed by atoms with van der Waals surface area (Å²) in [5, 5.41) is 18.1. The van der Waals surface area contributed by atoms with E-state index < -0.39 is 35.2 Å². The molecule has 0 aromatic rings. The second-order valence-corrected chi connectivity index (χ2v) is 5.64. The molecule has 1 aliphatic carbocycles. The molecule has 0 radical (unpaired) electrons. The van der Waals surface area contributed by atoms with E-state index in [1.807, 2.05) is 0 Å². The summed E-state index contributed by atoms with van der Waals surface area (Å²) in [6, 6.07) is -0.789. The van der Waals surface area contributed by atoms with E-state index in [-0.39, 0.29) is 5.91 Å². The Balaban J connectivity index is 2.14. The van der Waals surface area contributed by atoms with E-state index in [1.54, 1.807) is 13.8 Å². The van der Waals surface area contributed by atoms with Gasteiger partial charge in [-0.2, -0.15) is 0 Å². The van der Waals surface area contributed by atoms with Crippen LogP contribution in [0.15, 0.2) is 0 Å². The zero-order chi connectivity index (χ0) is 13.7. The van der Waals surface area contributed by atoms with Gasteiger partial charge in [-0.25, -0.2) is 4.79 Å². The van der Waals surface area contributed by atoms with Crippen molar-refractivity contribution in [2.24, 2.45) is 17.3 Å². The average molecular weight is 255 g/mol. The van der Waals surface area contributed by atoms with Crippen LogP contribution in [-0.4, -0.2) is 45.5 Å². The molecule has 18 heavy (non-hydrogen) atoms. The maximum Gasteiger partial charge on any atom is 0.326 e. The van der Waals surface area contributed by atoms with Crippen molar-refractivity contribution >= 4 is 17.8 Å². The second kappa shape index (κ2) is 3.96. The number of aliphatic carboxylic acids is 2. The molecule has 3 atom stereocenters. The summed E-state index contributed by atoms with van der Waals surface area (Å²) in [5.74, 6) is -3.59. The number of hydrogen-bond acceptors (Lipinski definition) is 3. The van der Waals surface area contributed by atoms with Crippen LogP contribution in [0, 0.1) is 17.3 Å². The SMILES string of the molecule is CC1(C)[C@H](C(=O)O)[C@@H]1C(=O)N1CCCC1C(=O)O. The Labute approximate surface area is 105 Å². The monoisotopic (exact) mass is 255 g/mol. The van der Waals surface area contributed by atoms with Gasteiger partial charge in [-0.15, -0.1) is 0 Å². The Morgan fingerprint density at radius 3 is 2.17 bits per heavy atom. The summed E-state index contributed by atoms with van der Waals surface area (Å²) in [6.07, 6.45) is 1.11. The highest BCUT2D eigenvalue weighted by atomic mass is 16.4. The third-order valence-corrected chi connectivity index (χ3v) is 4.18. The molecule has 1 saturated heterocycles. The molecule has 6 heteroatoms. The Morgan fingerprint density at radius 1 is 1.11 bits per heavy atom. The first-order chi connectivity index (χ1) is 8.28. The van der Waals surface area contributed by atoms with Gasteiger partial charge >= 0.3 is 11.9 Å². The van der Waals surface area contributed by atoms with Gasteiger partial charge in [-0.1, -0.05) is 13.8 Å². The van der Waals surface area contributed by atoms with Crippen LogP contribution in [0.3, 0.4) is 0 Å². The highest BCUT2D eigenvalue weighted by Crippen LogP contribution is 2.59. The summed E-state index contributed by atoms with van der Waals surface area (Å²) in [5.41, 5.74) is -0.575. The molecule has 2 fully saturated rings. The van der Waals surface area contributed by atoms with Crippen molar-refractivity contribution in [2.45, 2.75) is 32.7 Å². The summed E-state index contributed by atoms with van der Waals surface area (Å²) >= 11 is 0. The van der Waals surface area contributed by atoms with Crippen molar-refractivity contribution in [2.75, 3.05) is 6.54 Å². The Morgan fingerprint density at radius 2 is 1.72 bits per heavy atom. The third-order valence-electron chi connectivity index (χ3n) is 4.18. The van der Waals surface area contributed by atoms with Gasteiger partial charge in [0, 0.05) is 6.54 Å². The molecule has 1 unspecified atom stereocenters. The van der Waals surface area contributed by atoms with Crippen LogP contribution in [0.2, 0.25) is 0 Å². The van der Waals surface area contributed by atoms with Gasteiger partial charge in [0.15, 0.2) is 0 Å². The number of carboxylic acid groups (broad SMARTS) is 2. The highest BCUT2D eigenvalue weighted by Gasteiger charge is 2.67. The molecule has 2 N–H and O–H groups in total. The molecule has 2 aliphatic rings. The predicted molar refractivity (Wildman–Crippen MR) is 60.8 cm³/mol. The van der Waals surface area contributed by atoms with Crippen LogP contribution >= 0.6 is 0 Å². The molecule has 6 nitrogen and oxygen atoms in total. The summed E-state index contributed by atoms with van der Waals surface area (Å²) in [6.45, 7) is 3.88. The molecule has 1 saturated carbocycles. The third kappa shape index (κ3) is 1.76. The zero-order valence-electron chi connectivity index (χ0n) is 10.4. The maximum atomic E-state index is 12.3. The molecule has 1 heterocycles. The maximum absolute atomic E-state index is 12.3. The van der Waals surface area contributed by atoms with Crippen LogP contribution in [-0.2, 0) is 14.4 Å². The van der Waals surface area contributed by atoms with Gasteiger partial charge in [0.1, 0.15) is 6.04 Å². The van der Waals surface area contributed by atoms with Crippen LogP contribution in [0.4, 0.5) is 0 Å². The number of carbonyl (C=O) groups is 3. The molecule has 100 valence electrons. The van der Waals surface area contributed by atoms with Crippen molar-refractivity contribution < 1.29 is 24.6 Å². The van der Waals surface area contributed by atoms with E-state index in [0.29, 0.717) is 19.4 Å². The molecule has 0 bridgehead atoms. The van der Waals surface area contributed by atoms with Gasteiger partial charge in [0.2, 0.25) is 5.91 Å². The summed E-state index contributed by atoms with van der Waals surface area (Å²) in [7, 11) is 0. The molecule has 0 spiro atoms. The largest absolute Gasteiger partial charge is 0.481 e. The minimum absolute atomic E-state index is 0.322. The van der Waals surface area contributed by atoms with Crippen molar-refractivity contribution in [1.29, 1.82) is 0 Å². The fourth-order valence-electron chi connectivity index (χ4n) is 3.03. The lowest BCUT2D eigenvalue weighted by molar-refractivity contribution is -0.149. The number of carbonyl (C=O) groups excluding carboxylic acids is 1. The number of likely N-dealkylation sites (tertiary alicyclic amines) is 1. The Hall–Kier alpha value is -1.59.